The maximum absolute atomic E-state index is 11.4. The van der Waals surface area contributed by atoms with Gasteiger partial charge in [0, 0.05) is 18.3 Å². The lowest BCUT2D eigenvalue weighted by molar-refractivity contribution is 0.155. The molecule has 32 heavy (non-hydrogen) atoms. The molecule has 0 aliphatic heterocycles. The summed E-state index contributed by atoms with van der Waals surface area (Å²) in [7, 11) is 0. The Bertz CT molecular complexity index is 1010. The topological polar surface area (TPSA) is 90.1 Å². The van der Waals surface area contributed by atoms with Gasteiger partial charge in [0.2, 0.25) is 0 Å². The van der Waals surface area contributed by atoms with E-state index in [2.05, 4.69) is 15.3 Å². The van der Waals surface area contributed by atoms with Gasteiger partial charge in [-0.05, 0) is 35.4 Å². The van der Waals surface area contributed by atoms with E-state index in [9.17, 15) is 4.79 Å². The van der Waals surface area contributed by atoms with Crippen LogP contribution in [0.1, 0.15) is 11.1 Å². The third-order valence-electron chi connectivity index (χ3n) is 3.79. The molecule has 1 amide bonds. The Hall–Kier alpha value is -3.90. The number of hydrogen-bond acceptors (Lipinski definition) is 5. The molecule has 0 atom stereocenters. The molecule has 0 saturated heterocycles. The molecule has 2 aromatic heterocycles. The van der Waals surface area contributed by atoms with Crippen molar-refractivity contribution in [1.82, 2.24) is 9.97 Å². The minimum Gasteiger partial charge on any atom is -0.444 e. The number of nitrogens with zero attached hydrogens (tertiary/aromatic N) is 2. The second-order valence-electron chi connectivity index (χ2n) is 6.28. The fourth-order valence-electron chi connectivity index (χ4n) is 2.24. The zero-order chi connectivity index (χ0) is 22.9. The third-order valence-corrected chi connectivity index (χ3v) is 4.10. The number of ether oxygens (including phenoxy) is 1. The van der Waals surface area contributed by atoms with Crippen LogP contribution in [0.4, 0.5) is 16.4 Å². The van der Waals surface area contributed by atoms with E-state index in [4.69, 9.17) is 22.1 Å². The number of anilines is 2. The Morgan fingerprint density at radius 1 is 0.781 bits per heavy atom. The second kappa shape index (κ2) is 15.0. The first-order chi connectivity index (χ1) is 15.7. The number of carbonyl (C=O) groups is 1. The lowest BCUT2D eigenvalue weighted by Crippen LogP contribution is -2.14. The van der Waals surface area contributed by atoms with Gasteiger partial charge in [-0.2, -0.15) is 0 Å². The van der Waals surface area contributed by atoms with Gasteiger partial charge in [0.1, 0.15) is 18.2 Å². The molecule has 6 nitrogen and oxygen atoms in total. The Morgan fingerprint density at radius 3 is 1.78 bits per heavy atom. The first kappa shape index (κ1) is 24.4. The molecule has 4 aromatic rings. The highest BCUT2D eigenvalue weighted by Crippen LogP contribution is 2.04. The van der Waals surface area contributed by atoms with Crippen LogP contribution >= 0.6 is 11.6 Å². The number of nitrogens with two attached hydrogens (primary N) is 1. The minimum absolute atomic E-state index is 0.250. The number of nitrogen functional groups attached to an aromatic ring is 1. The Morgan fingerprint density at radius 2 is 1.34 bits per heavy atom. The van der Waals surface area contributed by atoms with Crippen molar-refractivity contribution in [2.45, 2.75) is 12.5 Å². The number of alkyl halides is 1. The third kappa shape index (κ3) is 10.8. The molecule has 0 unspecified atom stereocenters. The standard InChI is InChI=1S/C13H12N2O2.C7H7Cl.C5H6N2/c16-13(15-12-8-4-5-9-14-12)17-10-11-6-2-1-3-7-11;8-6-7-4-2-1-3-5-7;6-5-3-1-2-4-7-5/h1-9H,10H2,(H,14,15,16);1-5H,6H2;1-4H,(H2,6,7). The van der Waals surface area contributed by atoms with Crippen LogP contribution in [0.15, 0.2) is 109 Å². The molecule has 0 fully saturated rings. The van der Waals surface area contributed by atoms with Crippen LogP contribution in [0, 0.1) is 0 Å². The molecule has 7 heteroatoms. The Balaban J connectivity index is 0.000000199. The molecule has 0 aliphatic carbocycles. The predicted molar refractivity (Wildman–Crippen MR) is 129 cm³/mol. The quantitative estimate of drug-likeness (QED) is 0.378. The molecule has 0 aliphatic rings. The van der Waals surface area contributed by atoms with Crippen LogP contribution in [-0.2, 0) is 17.2 Å². The fraction of sp³-hybridized carbons (Fsp3) is 0.0800. The molecule has 4 rings (SSSR count). The molecule has 2 aromatic carbocycles. The van der Waals surface area contributed by atoms with Gasteiger partial charge in [0.25, 0.3) is 0 Å². The fourth-order valence-corrected chi connectivity index (χ4v) is 2.42. The zero-order valence-corrected chi connectivity index (χ0v) is 18.2. The van der Waals surface area contributed by atoms with Crippen molar-refractivity contribution in [3.05, 3.63) is 121 Å². The van der Waals surface area contributed by atoms with Crippen molar-refractivity contribution in [2.75, 3.05) is 11.1 Å². The van der Waals surface area contributed by atoms with E-state index in [1.165, 1.54) is 5.56 Å². The number of amides is 1. The average molecular weight is 449 g/mol. The maximum Gasteiger partial charge on any atom is 0.413 e. The van der Waals surface area contributed by atoms with Gasteiger partial charge in [-0.1, -0.05) is 72.8 Å². The average Bonchev–Trinajstić information content (AvgIpc) is 2.86. The van der Waals surface area contributed by atoms with Crippen molar-refractivity contribution in [2.24, 2.45) is 0 Å². The second-order valence-corrected chi connectivity index (χ2v) is 6.54. The largest absolute Gasteiger partial charge is 0.444 e. The van der Waals surface area contributed by atoms with E-state index < -0.39 is 6.09 Å². The van der Waals surface area contributed by atoms with Crippen molar-refractivity contribution in [3.8, 4) is 0 Å². The van der Waals surface area contributed by atoms with Crippen LogP contribution in [0.25, 0.3) is 0 Å². The molecule has 164 valence electrons. The van der Waals surface area contributed by atoms with E-state index in [-0.39, 0.29) is 6.61 Å². The predicted octanol–water partition coefficient (Wildman–Crippen LogP) is 5.92. The molecule has 0 bridgehead atoms. The number of aromatic nitrogens is 2. The summed E-state index contributed by atoms with van der Waals surface area (Å²) in [5.74, 6) is 1.66. The summed E-state index contributed by atoms with van der Waals surface area (Å²) in [5, 5.41) is 2.54. The summed E-state index contributed by atoms with van der Waals surface area (Å²) in [4.78, 5) is 19.1. The van der Waals surface area contributed by atoms with Gasteiger partial charge < -0.3 is 10.5 Å². The summed E-state index contributed by atoms with van der Waals surface area (Å²) >= 11 is 5.53. The molecule has 0 saturated carbocycles. The molecule has 2 heterocycles. The van der Waals surface area contributed by atoms with Crippen molar-refractivity contribution >= 4 is 29.3 Å². The summed E-state index contributed by atoms with van der Waals surface area (Å²) in [5.41, 5.74) is 7.37. The highest BCUT2D eigenvalue weighted by atomic mass is 35.5. The van der Waals surface area contributed by atoms with E-state index in [0.29, 0.717) is 17.5 Å². The smallest absolute Gasteiger partial charge is 0.413 e. The molecule has 0 radical (unpaired) electrons. The Labute approximate surface area is 193 Å². The van der Waals surface area contributed by atoms with Gasteiger partial charge in [-0.25, -0.2) is 14.8 Å². The molecule has 0 spiro atoms. The van der Waals surface area contributed by atoms with Crippen molar-refractivity contribution in [3.63, 3.8) is 0 Å². The minimum atomic E-state index is -0.507. The number of halogens is 1. The number of benzene rings is 2. The van der Waals surface area contributed by atoms with Crippen LogP contribution in [0.5, 0.6) is 0 Å². The highest BCUT2D eigenvalue weighted by molar-refractivity contribution is 6.17. The lowest BCUT2D eigenvalue weighted by atomic mass is 10.2. The van der Waals surface area contributed by atoms with Crippen LogP contribution in [0.2, 0.25) is 0 Å². The van der Waals surface area contributed by atoms with Crippen LogP contribution in [-0.4, -0.2) is 16.1 Å². The number of nitrogens with one attached hydrogen (secondary N) is 1. The first-order valence-electron chi connectivity index (χ1n) is 9.82. The monoisotopic (exact) mass is 448 g/mol. The normalized spacial score (nSPS) is 9.28. The van der Waals surface area contributed by atoms with Gasteiger partial charge in [0.15, 0.2) is 0 Å². The van der Waals surface area contributed by atoms with Gasteiger partial charge in [0.05, 0.1) is 0 Å². The Kier molecular flexibility index (Phi) is 11.4. The van der Waals surface area contributed by atoms with Crippen molar-refractivity contribution < 1.29 is 9.53 Å². The molecular weight excluding hydrogens is 424 g/mol. The van der Waals surface area contributed by atoms with Crippen LogP contribution in [0.3, 0.4) is 0 Å². The van der Waals surface area contributed by atoms with E-state index in [0.717, 1.165) is 5.56 Å². The lowest BCUT2D eigenvalue weighted by Gasteiger charge is -2.05. The number of pyridine rings is 2. The van der Waals surface area contributed by atoms with E-state index >= 15 is 0 Å². The molecule has 3 N–H and O–H groups in total. The highest BCUT2D eigenvalue weighted by Gasteiger charge is 2.03. The summed E-state index contributed by atoms with van der Waals surface area (Å²) in [6.45, 7) is 0.250. The zero-order valence-electron chi connectivity index (χ0n) is 17.5. The first-order valence-corrected chi connectivity index (χ1v) is 10.4. The maximum atomic E-state index is 11.4. The van der Waals surface area contributed by atoms with Crippen LogP contribution < -0.4 is 11.1 Å². The number of carbonyl (C=O) groups excluding carboxylic acids is 1. The van der Waals surface area contributed by atoms with E-state index in [1.807, 2.05) is 72.8 Å². The van der Waals surface area contributed by atoms with Crippen molar-refractivity contribution in [1.29, 1.82) is 0 Å². The number of hydrogen-bond donors (Lipinski definition) is 2. The summed E-state index contributed by atoms with van der Waals surface area (Å²) in [6, 6.07) is 30.2. The van der Waals surface area contributed by atoms with Gasteiger partial charge in [-0.15, -0.1) is 11.6 Å². The van der Waals surface area contributed by atoms with E-state index in [1.54, 1.807) is 36.7 Å². The molecular formula is C25H25ClN4O2. The summed E-state index contributed by atoms with van der Waals surface area (Å²) < 4.78 is 5.04. The SMILES string of the molecule is ClCc1ccccc1.Nc1ccccn1.O=C(Nc1ccccn1)OCc1ccccc1. The summed E-state index contributed by atoms with van der Waals surface area (Å²) in [6.07, 6.45) is 2.76. The van der Waals surface area contributed by atoms with Gasteiger partial charge >= 0.3 is 6.09 Å². The number of rotatable bonds is 4. The van der Waals surface area contributed by atoms with Gasteiger partial charge in [-0.3, -0.25) is 5.32 Å².